The van der Waals surface area contributed by atoms with Crippen LogP contribution in [0.4, 0.5) is 28.9 Å². The molecule has 1 aliphatic carbocycles. The molecule has 1 aromatic heterocycles. The summed E-state index contributed by atoms with van der Waals surface area (Å²) >= 11 is 0. The molecule has 1 amide bonds. The predicted octanol–water partition coefficient (Wildman–Crippen LogP) is 3.35. The summed E-state index contributed by atoms with van der Waals surface area (Å²) in [5.74, 6) is -1.07. The smallest absolute Gasteiger partial charge is 0.354 e. The molecular weight excluding hydrogens is 364 g/mol. The lowest BCUT2D eigenvalue weighted by Crippen LogP contribution is -2.44. The second-order valence-corrected chi connectivity index (χ2v) is 6.37. The molecule has 1 saturated carbocycles. The molecule has 9 heteroatoms. The number of pyridine rings is 1. The minimum absolute atomic E-state index is 0.102. The summed E-state index contributed by atoms with van der Waals surface area (Å²) in [7, 11) is 1.73. The van der Waals surface area contributed by atoms with Crippen LogP contribution in [0.15, 0.2) is 36.5 Å². The highest BCUT2D eigenvalue weighted by atomic mass is 19.4. The summed E-state index contributed by atoms with van der Waals surface area (Å²) in [6, 6.07) is 5.56. The highest BCUT2D eigenvalue weighted by molar-refractivity contribution is 5.89. The molecule has 0 atom stereocenters. The number of rotatable bonds is 6. The van der Waals surface area contributed by atoms with Gasteiger partial charge < -0.3 is 16.0 Å². The lowest BCUT2D eigenvalue weighted by Gasteiger charge is -2.15. The lowest BCUT2D eigenvalue weighted by atomic mass is 10.1. The third-order valence-electron chi connectivity index (χ3n) is 4.48. The third-order valence-corrected chi connectivity index (χ3v) is 4.48. The molecular formula is C18H18F4N4O. The van der Waals surface area contributed by atoms with Crippen molar-refractivity contribution in [1.29, 1.82) is 0 Å². The number of halogens is 4. The average molecular weight is 382 g/mol. The summed E-state index contributed by atoms with van der Waals surface area (Å²) in [6.07, 6.45) is -1.76. The number of benzene rings is 1. The van der Waals surface area contributed by atoms with Gasteiger partial charge in [0, 0.05) is 0 Å². The lowest BCUT2D eigenvalue weighted by molar-refractivity contribution is -0.137. The Hall–Kier alpha value is -2.68. The van der Waals surface area contributed by atoms with Gasteiger partial charge in [0.25, 0.3) is 0 Å². The maximum Gasteiger partial charge on any atom is 0.418 e. The molecule has 0 saturated heterocycles. The van der Waals surface area contributed by atoms with E-state index in [2.05, 4.69) is 20.9 Å². The topological polar surface area (TPSA) is 66.1 Å². The van der Waals surface area contributed by atoms with Gasteiger partial charge in [-0.3, -0.25) is 9.78 Å². The quantitative estimate of drug-likeness (QED) is 0.671. The fraction of sp³-hybridized carbons (Fsp3) is 0.333. The van der Waals surface area contributed by atoms with Crippen LogP contribution in [-0.4, -0.2) is 23.5 Å². The second kappa shape index (κ2) is 7.15. The molecule has 2 aromatic rings. The molecule has 3 rings (SSSR count). The Morgan fingerprint density at radius 2 is 1.96 bits per heavy atom. The van der Waals surface area contributed by atoms with Gasteiger partial charge in [0.05, 0.1) is 40.9 Å². The van der Waals surface area contributed by atoms with Gasteiger partial charge in [-0.1, -0.05) is 0 Å². The first-order chi connectivity index (χ1) is 12.7. The van der Waals surface area contributed by atoms with E-state index in [9.17, 15) is 22.4 Å². The van der Waals surface area contributed by atoms with Crippen LogP contribution in [0, 0.1) is 5.82 Å². The van der Waals surface area contributed by atoms with Crippen LogP contribution in [-0.2, 0) is 17.5 Å². The Morgan fingerprint density at radius 3 is 2.52 bits per heavy atom. The van der Waals surface area contributed by atoms with Crippen LogP contribution in [0.2, 0.25) is 0 Å². The monoisotopic (exact) mass is 382 g/mol. The van der Waals surface area contributed by atoms with Crippen molar-refractivity contribution in [3.8, 4) is 0 Å². The SMILES string of the molecule is CNC1(C(=O)NCc2ccc(Nc3ccc(F)cc3C(F)(F)F)cn2)CC1. The van der Waals surface area contributed by atoms with Gasteiger partial charge in [0.15, 0.2) is 0 Å². The molecule has 1 aliphatic rings. The maximum atomic E-state index is 13.2. The van der Waals surface area contributed by atoms with E-state index < -0.39 is 23.1 Å². The van der Waals surface area contributed by atoms with E-state index in [4.69, 9.17) is 0 Å². The standard InChI is InChI=1S/C18H18F4N4O/c1-23-17(6-7-17)16(27)25-9-12-3-4-13(10-24-12)26-15-5-2-11(19)8-14(15)18(20,21)22/h2-5,8,10,23,26H,6-7,9H2,1H3,(H,25,27). The Labute approximate surface area is 153 Å². The number of nitrogens with one attached hydrogen (secondary N) is 3. The molecule has 1 aromatic carbocycles. The Kier molecular flexibility index (Phi) is 5.05. The number of anilines is 2. The van der Waals surface area contributed by atoms with Crippen molar-refractivity contribution in [2.75, 3.05) is 12.4 Å². The molecule has 27 heavy (non-hydrogen) atoms. The van der Waals surface area contributed by atoms with E-state index in [0.717, 1.165) is 25.0 Å². The molecule has 144 valence electrons. The van der Waals surface area contributed by atoms with Gasteiger partial charge in [-0.05, 0) is 50.2 Å². The minimum Gasteiger partial charge on any atom is -0.354 e. The van der Waals surface area contributed by atoms with E-state index >= 15 is 0 Å². The Balaban J connectivity index is 1.66. The number of hydrogen-bond acceptors (Lipinski definition) is 4. The summed E-state index contributed by atoms with van der Waals surface area (Å²) in [5.41, 5.74) is -0.970. The Bertz CT molecular complexity index is 832. The zero-order chi connectivity index (χ0) is 19.7. The number of nitrogens with zero attached hydrogens (tertiary/aromatic N) is 1. The normalized spacial score (nSPS) is 15.3. The van der Waals surface area contributed by atoms with Gasteiger partial charge >= 0.3 is 6.18 Å². The van der Waals surface area contributed by atoms with Crippen LogP contribution in [0.25, 0.3) is 0 Å². The second-order valence-electron chi connectivity index (χ2n) is 6.37. The number of hydrogen-bond donors (Lipinski definition) is 3. The number of carbonyl (C=O) groups is 1. The highest BCUT2D eigenvalue weighted by Gasteiger charge is 2.48. The average Bonchev–Trinajstić information content (AvgIpc) is 3.43. The van der Waals surface area contributed by atoms with Crippen LogP contribution in [0.3, 0.4) is 0 Å². The molecule has 3 N–H and O–H groups in total. The van der Waals surface area contributed by atoms with Crippen molar-refractivity contribution in [3.05, 3.63) is 53.6 Å². The van der Waals surface area contributed by atoms with Crippen LogP contribution in [0.1, 0.15) is 24.1 Å². The first-order valence-corrected chi connectivity index (χ1v) is 8.29. The van der Waals surface area contributed by atoms with Gasteiger partial charge in [-0.25, -0.2) is 4.39 Å². The van der Waals surface area contributed by atoms with Gasteiger partial charge in [0.2, 0.25) is 5.91 Å². The maximum absolute atomic E-state index is 13.2. The molecule has 0 aliphatic heterocycles. The van der Waals surface area contributed by atoms with E-state index in [1.165, 1.54) is 6.20 Å². The van der Waals surface area contributed by atoms with Crippen molar-refractivity contribution in [1.82, 2.24) is 15.6 Å². The van der Waals surface area contributed by atoms with Crippen molar-refractivity contribution in [2.24, 2.45) is 0 Å². The largest absolute Gasteiger partial charge is 0.418 e. The number of amides is 1. The number of carbonyl (C=O) groups excluding carboxylic acids is 1. The summed E-state index contributed by atoms with van der Waals surface area (Å²) < 4.78 is 52.3. The first kappa shape index (κ1) is 19.1. The van der Waals surface area contributed by atoms with Gasteiger partial charge in [-0.2, -0.15) is 13.2 Å². The summed E-state index contributed by atoms with van der Waals surface area (Å²) in [5, 5.41) is 8.36. The van der Waals surface area contributed by atoms with Crippen LogP contribution in [0.5, 0.6) is 0 Å². The van der Waals surface area contributed by atoms with Gasteiger partial charge in [0.1, 0.15) is 5.82 Å². The zero-order valence-electron chi connectivity index (χ0n) is 14.5. The minimum atomic E-state index is -4.69. The molecule has 0 spiro atoms. The predicted molar refractivity (Wildman–Crippen MR) is 91.8 cm³/mol. The van der Waals surface area contributed by atoms with Crippen molar-refractivity contribution < 1.29 is 22.4 Å². The third kappa shape index (κ3) is 4.36. The molecule has 5 nitrogen and oxygen atoms in total. The molecule has 1 fully saturated rings. The van der Waals surface area contributed by atoms with E-state index in [0.29, 0.717) is 17.4 Å². The number of likely N-dealkylation sites (N-methyl/N-ethyl adjacent to an activating group) is 1. The van der Waals surface area contributed by atoms with Crippen LogP contribution >= 0.6 is 0 Å². The molecule has 1 heterocycles. The fourth-order valence-electron chi connectivity index (χ4n) is 2.67. The van der Waals surface area contributed by atoms with E-state index in [-0.39, 0.29) is 18.1 Å². The Morgan fingerprint density at radius 1 is 1.22 bits per heavy atom. The van der Waals surface area contributed by atoms with Gasteiger partial charge in [-0.15, -0.1) is 0 Å². The first-order valence-electron chi connectivity index (χ1n) is 8.29. The van der Waals surface area contributed by atoms with E-state index in [1.807, 2.05) is 0 Å². The molecule has 0 bridgehead atoms. The van der Waals surface area contributed by atoms with Crippen molar-refractivity contribution in [3.63, 3.8) is 0 Å². The molecule has 0 radical (unpaired) electrons. The number of aromatic nitrogens is 1. The van der Waals surface area contributed by atoms with Crippen molar-refractivity contribution in [2.45, 2.75) is 31.1 Å². The fourth-order valence-corrected chi connectivity index (χ4v) is 2.67. The van der Waals surface area contributed by atoms with Crippen molar-refractivity contribution >= 4 is 17.3 Å². The zero-order valence-corrected chi connectivity index (χ0v) is 14.5. The summed E-state index contributed by atoms with van der Waals surface area (Å²) in [4.78, 5) is 16.2. The number of alkyl halides is 3. The van der Waals surface area contributed by atoms with Crippen LogP contribution < -0.4 is 16.0 Å². The summed E-state index contributed by atoms with van der Waals surface area (Å²) in [6.45, 7) is 0.215. The highest BCUT2D eigenvalue weighted by Crippen LogP contribution is 2.36. The molecule has 0 unspecified atom stereocenters. The van der Waals surface area contributed by atoms with E-state index in [1.54, 1.807) is 19.2 Å².